The number of hydrogen-bond donors (Lipinski definition) is 0. The molecule has 0 bridgehead atoms. The fraction of sp³-hybridized carbons (Fsp3) is 0.200. The van der Waals surface area contributed by atoms with Crippen molar-refractivity contribution in [1.29, 1.82) is 0 Å². The average Bonchev–Trinajstić information content (AvgIpc) is 2.39. The molecule has 20 heavy (non-hydrogen) atoms. The number of benzene rings is 2. The second-order valence-electron chi connectivity index (χ2n) is 4.59. The number of nitro benzene ring substituents is 1. The quantitative estimate of drug-likeness (QED) is 0.627. The Morgan fingerprint density at radius 1 is 1.20 bits per heavy atom. The van der Waals surface area contributed by atoms with Crippen molar-refractivity contribution in [2.24, 2.45) is 0 Å². The number of hydrogen-bond acceptors (Lipinski definition) is 3. The number of rotatable bonds is 4. The summed E-state index contributed by atoms with van der Waals surface area (Å²) in [5, 5.41) is 10.9. The largest absolute Gasteiger partial charge is 0.488 e. The third kappa shape index (κ3) is 3.12. The van der Waals surface area contributed by atoms with Crippen LogP contribution in [-0.2, 0) is 6.61 Å². The first kappa shape index (κ1) is 14.0. The molecule has 0 aliphatic heterocycles. The van der Waals surface area contributed by atoms with Crippen LogP contribution in [0.3, 0.4) is 0 Å². The molecular formula is C15H14FNO3. The van der Waals surface area contributed by atoms with Gasteiger partial charge in [0.15, 0.2) is 0 Å². The minimum Gasteiger partial charge on any atom is -0.488 e. The van der Waals surface area contributed by atoms with Crippen molar-refractivity contribution in [2.45, 2.75) is 20.5 Å². The molecule has 0 heterocycles. The van der Waals surface area contributed by atoms with Crippen LogP contribution in [0.15, 0.2) is 36.4 Å². The molecule has 4 nitrogen and oxygen atoms in total. The lowest BCUT2D eigenvalue weighted by Crippen LogP contribution is -2.02. The summed E-state index contributed by atoms with van der Waals surface area (Å²) in [6.45, 7) is 3.77. The van der Waals surface area contributed by atoms with Crippen molar-refractivity contribution in [2.75, 3.05) is 0 Å². The topological polar surface area (TPSA) is 52.4 Å². The lowest BCUT2D eigenvalue weighted by Gasteiger charge is -2.10. The van der Waals surface area contributed by atoms with E-state index in [0.29, 0.717) is 5.75 Å². The molecule has 0 amide bonds. The van der Waals surface area contributed by atoms with Gasteiger partial charge in [-0.3, -0.25) is 10.1 Å². The highest BCUT2D eigenvalue weighted by Crippen LogP contribution is 2.24. The molecule has 0 atom stereocenters. The number of nitrogens with zero attached hydrogens (tertiary/aromatic N) is 1. The fourth-order valence-electron chi connectivity index (χ4n) is 1.87. The van der Waals surface area contributed by atoms with E-state index in [9.17, 15) is 14.5 Å². The van der Waals surface area contributed by atoms with Gasteiger partial charge < -0.3 is 4.74 Å². The second kappa shape index (κ2) is 5.69. The lowest BCUT2D eigenvalue weighted by atomic mass is 10.1. The molecule has 0 saturated carbocycles. The van der Waals surface area contributed by atoms with Crippen LogP contribution in [0.2, 0.25) is 0 Å². The predicted molar refractivity (Wildman–Crippen MR) is 73.3 cm³/mol. The first-order chi connectivity index (χ1) is 9.47. The summed E-state index contributed by atoms with van der Waals surface area (Å²) in [7, 11) is 0. The number of halogens is 1. The summed E-state index contributed by atoms with van der Waals surface area (Å²) in [5.41, 5.74) is 2.03. The van der Waals surface area contributed by atoms with Crippen molar-refractivity contribution in [3.63, 3.8) is 0 Å². The summed E-state index contributed by atoms with van der Waals surface area (Å²) < 4.78 is 18.8. The van der Waals surface area contributed by atoms with Gasteiger partial charge in [0.1, 0.15) is 18.2 Å². The van der Waals surface area contributed by atoms with Gasteiger partial charge in [-0.2, -0.15) is 0 Å². The highest BCUT2D eigenvalue weighted by Gasteiger charge is 2.15. The molecule has 2 rings (SSSR count). The van der Waals surface area contributed by atoms with Crippen LogP contribution in [0.1, 0.15) is 16.7 Å². The number of ether oxygens (including phenoxy) is 1. The smallest absolute Gasteiger partial charge is 0.276 e. The van der Waals surface area contributed by atoms with Crippen LogP contribution in [0.4, 0.5) is 10.1 Å². The van der Waals surface area contributed by atoms with Gasteiger partial charge in [0, 0.05) is 6.07 Å². The van der Waals surface area contributed by atoms with Gasteiger partial charge in [-0.15, -0.1) is 0 Å². The highest BCUT2D eigenvalue weighted by atomic mass is 19.1. The van der Waals surface area contributed by atoms with Crippen LogP contribution >= 0.6 is 0 Å². The van der Waals surface area contributed by atoms with Crippen molar-refractivity contribution < 1.29 is 14.1 Å². The molecule has 5 heteroatoms. The second-order valence-corrected chi connectivity index (χ2v) is 4.59. The Morgan fingerprint density at radius 2 is 1.95 bits per heavy atom. The summed E-state index contributed by atoms with van der Waals surface area (Å²) in [6.07, 6.45) is 0. The van der Waals surface area contributed by atoms with Gasteiger partial charge >= 0.3 is 0 Å². The Balaban J connectivity index is 2.24. The van der Waals surface area contributed by atoms with Gasteiger partial charge in [0.2, 0.25) is 0 Å². The van der Waals surface area contributed by atoms with E-state index in [4.69, 9.17) is 4.74 Å². The van der Waals surface area contributed by atoms with Gasteiger partial charge in [-0.25, -0.2) is 4.39 Å². The van der Waals surface area contributed by atoms with Gasteiger partial charge in [-0.1, -0.05) is 12.1 Å². The zero-order valence-corrected chi connectivity index (χ0v) is 11.2. The average molecular weight is 275 g/mol. The Bertz CT molecular complexity index is 656. The SMILES string of the molecule is Cc1ccc(C)c(OCc2cc(F)ccc2[N+](=O)[O-])c1. The first-order valence-corrected chi connectivity index (χ1v) is 6.10. The van der Waals surface area contributed by atoms with E-state index in [0.717, 1.165) is 29.3 Å². The van der Waals surface area contributed by atoms with E-state index >= 15 is 0 Å². The zero-order chi connectivity index (χ0) is 14.7. The first-order valence-electron chi connectivity index (χ1n) is 6.10. The van der Waals surface area contributed by atoms with E-state index in [1.165, 1.54) is 0 Å². The molecule has 0 unspecified atom stereocenters. The fourth-order valence-corrected chi connectivity index (χ4v) is 1.87. The van der Waals surface area contributed by atoms with E-state index in [1.54, 1.807) is 0 Å². The molecule has 0 spiro atoms. The summed E-state index contributed by atoms with van der Waals surface area (Å²) in [5.74, 6) is 0.124. The van der Waals surface area contributed by atoms with Gasteiger partial charge in [0.25, 0.3) is 5.69 Å². The van der Waals surface area contributed by atoms with Crippen LogP contribution in [-0.4, -0.2) is 4.92 Å². The molecule has 0 radical (unpaired) electrons. The minimum absolute atomic E-state index is 0.0433. The van der Waals surface area contributed by atoms with Crippen molar-refractivity contribution >= 4 is 5.69 Å². The predicted octanol–water partition coefficient (Wildman–Crippen LogP) is 3.93. The maximum absolute atomic E-state index is 13.2. The highest BCUT2D eigenvalue weighted by molar-refractivity contribution is 5.41. The van der Waals surface area contributed by atoms with Gasteiger partial charge in [-0.05, 0) is 43.2 Å². The molecule has 2 aromatic carbocycles. The van der Waals surface area contributed by atoms with E-state index < -0.39 is 10.7 Å². The van der Waals surface area contributed by atoms with Crippen LogP contribution in [0, 0.1) is 29.8 Å². The van der Waals surface area contributed by atoms with E-state index in [-0.39, 0.29) is 17.9 Å². The molecule has 0 aromatic heterocycles. The maximum Gasteiger partial charge on any atom is 0.276 e. The monoisotopic (exact) mass is 275 g/mol. The third-order valence-corrected chi connectivity index (χ3v) is 2.97. The molecule has 2 aromatic rings. The van der Waals surface area contributed by atoms with Crippen molar-refractivity contribution in [1.82, 2.24) is 0 Å². The summed E-state index contributed by atoms with van der Waals surface area (Å²) in [4.78, 5) is 10.4. The molecule has 0 fully saturated rings. The summed E-state index contributed by atoms with van der Waals surface area (Å²) in [6, 6.07) is 9.05. The van der Waals surface area contributed by atoms with Crippen LogP contribution in [0.25, 0.3) is 0 Å². The zero-order valence-electron chi connectivity index (χ0n) is 11.2. The number of nitro groups is 1. The van der Waals surface area contributed by atoms with Crippen molar-refractivity contribution in [3.8, 4) is 5.75 Å². The maximum atomic E-state index is 13.2. The standard InChI is InChI=1S/C15H14FNO3/c1-10-3-4-11(2)15(7-10)20-9-12-8-13(16)5-6-14(12)17(18)19/h3-8H,9H2,1-2H3. The Morgan fingerprint density at radius 3 is 2.65 bits per heavy atom. The Hall–Kier alpha value is -2.43. The van der Waals surface area contributed by atoms with E-state index in [2.05, 4.69) is 0 Å². The summed E-state index contributed by atoms with van der Waals surface area (Å²) >= 11 is 0. The molecular weight excluding hydrogens is 261 g/mol. The third-order valence-electron chi connectivity index (χ3n) is 2.97. The molecule has 0 N–H and O–H groups in total. The molecule has 0 saturated heterocycles. The van der Waals surface area contributed by atoms with Crippen molar-refractivity contribution in [3.05, 3.63) is 69.0 Å². The molecule has 0 aliphatic carbocycles. The number of aryl methyl sites for hydroxylation is 2. The Kier molecular flexibility index (Phi) is 3.98. The van der Waals surface area contributed by atoms with Crippen LogP contribution in [0.5, 0.6) is 5.75 Å². The molecule has 0 aliphatic rings. The van der Waals surface area contributed by atoms with Gasteiger partial charge in [0.05, 0.1) is 10.5 Å². The normalized spacial score (nSPS) is 10.3. The minimum atomic E-state index is -0.540. The van der Waals surface area contributed by atoms with E-state index in [1.807, 2.05) is 32.0 Å². The van der Waals surface area contributed by atoms with Crippen LogP contribution < -0.4 is 4.74 Å². The Labute approximate surface area is 116 Å². The lowest BCUT2D eigenvalue weighted by molar-refractivity contribution is -0.385. The molecule has 104 valence electrons.